The fourth-order valence-electron chi connectivity index (χ4n) is 3.46. The van der Waals surface area contributed by atoms with Crippen LogP contribution in [0.1, 0.15) is 28.9 Å². The summed E-state index contributed by atoms with van der Waals surface area (Å²) in [6.45, 7) is 13.0. The minimum atomic E-state index is -1.25. The van der Waals surface area contributed by atoms with Crippen LogP contribution in [0.2, 0.25) is 25.7 Å². The summed E-state index contributed by atoms with van der Waals surface area (Å²) in [5.41, 5.74) is 1.46. The third-order valence-electron chi connectivity index (χ3n) is 5.16. The van der Waals surface area contributed by atoms with Gasteiger partial charge in [0.25, 0.3) is 0 Å². The first-order valence-electron chi connectivity index (χ1n) is 10.0. The molecule has 28 heavy (non-hydrogen) atoms. The van der Waals surface area contributed by atoms with Crippen LogP contribution in [0.25, 0.3) is 10.9 Å². The summed E-state index contributed by atoms with van der Waals surface area (Å²) < 4.78 is 5.97. The smallest absolute Gasteiger partial charge is 0.357 e. The van der Waals surface area contributed by atoms with Crippen LogP contribution in [-0.4, -0.2) is 66.8 Å². The van der Waals surface area contributed by atoms with Crippen molar-refractivity contribution in [3.8, 4) is 5.75 Å². The summed E-state index contributed by atoms with van der Waals surface area (Å²) in [5, 5.41) is 14.4. The van der Waals surface area contributed by atoms with Gasteiger partial charge in [-0.2, -0.15) is 0 Å². The van der Waals surface area contributed by atoms with E-state index in [0.29, 0.717) is 29.9 Å². The number of nitrogens with zero attached hydrogens (tertiary/aromatic N) is 3. The van der Waals surface area contributed by atoms with E-state index >= 15 is 0 Å². The molecule has 7 nitrogen and oxygen atoms in total. The first kappa shape index (κ1) is 20.7. The number of aryl methyl sites for hydroxylation is 1. The second kappa shape index (κ2) is 8.53. The van der Waals surface area contributed by atoms with E-state index in [2.05, 4.69) is 29.6 Å². The first-order chi connectivity index (χ1) is 13.3. The van der Waals surface area contributed by atoms with Crippen LogP contribution in [0.4, 0.5) is 0 Å². The quantitative estimate of drug-likeness (QED) is 0.645. The number of fused-ring (bicyclic) bond motifs is 1. The number of hydrogen-bond donors (Lipinski definition) is 1. The third-order valence-corrected chi connectivity index (χ3v) is 6.86. The molecule has 1 fully saturated rings. The summed E-state index contributed by atoms with van der Waals surface area (Å²) >= 11 is 0. The molecule has 1 aromatic heterocycles. The maximum Gasteiger partial charge on any atom is 0.357 e. The summed E-state index contributed by atoms with van der Waals surface area (Å²) in [6.07, 6.45) is 2.51. The van der Waals surface area contributed by atoms with Gasteiger partial charge in [0.1, 0.15) is 24.5 Å². The van der Waals surface area contributed by atoms with Gasteiger partial charge in [0.05, 0.1) is 0 Å². The molecule has 1 aromatic carbocycles. The fourth-order valence-corrected chi connectivity index (χ4v) is 4.17. The van der Waals surface area contributed by atoms with Gasteiger partial charge in [-0.15, -0.1) is 5.10 Å². The number of rotatable bonds is 9. The van der Waals surface area contributed by atoms with Crippen LogP contribution in [0.15, 0.2) is 12.1 Å². The standard InChI is InChI=1S/C20H31N3O4Si/c1-15-17(26-12-11-22-9-5-6-10-22)8-7-16-18(15)19(20(24)25)21-23(16)27-13-14-28(2,3)4/h7-8H,5-6,9-14H2,1-4H3,(H,24,25). The Morgan fingerprint density at radius 3 is 2.57 bits per heavy atom. The Balaban J connectivity index is 1.79. The highest BCUT2D eigenvalue weighted by Crippen LogP contribution is 2.30. The Labute approximate surface area is 167 Å². The lowest BCUT2D eigenvalue weighted by Crippen LogP contribution is -2.25. The predicted molar refractivity (Wildman–Crippen MR) is 112 cm³/mol. The molecule has 3 rings (SSSR count). The average Bonchev–Trinajstić information content (AvgIpc) is 3.24. The average molecular weight is 406 g/mol. The maximum atomic E-state index is 11.7. The topological polar surface area (TPSA) is 76.8 Å². The van der Waals surface area contributed by atoms with Crippen molar-refractivity contribution in [3.05, 3.63) is 23.4 Å². The molecule has 0 aliphatic carbocycles. The highest BCUT2D eigenvalue weighted by molar-refractivity contribution is 6.76. The molecule has 1 saturated heterocycles. The molecular weight excluding hydrogens is 374 g/mol. The van der Waals surface area contributed by atoms with Gasteiger partial charge in [0, 0.05) is 25.6 Å². The van der Waals surface area contributed by atoms with Gasteiger partial charge in [-0.05, 0) is 51.0 Å². The summed E-state index contributed by atoms with van der Waals surface area (Å²) in [4.78, 5) is 21.3. The van der Waals surface area contributed by atoms with Crippen LogP contribution < -0.4 is 9.57 Å². The largest absolute Gasteiger partial charge is 0.492 e. The second-order valence-corrected chi connectivity index (χ2v) is 14.3. The lowest BCUT2D eigenvalue weighted by molar-refractivity contribution is 0.0668. The van der Waals surface area contributed by atoms with Gasteiger partial charge < -0.3 is 14.7 Å². The molecule has 0 spiro atoms. The molecule has 0 radical (unpaired) electrons. The molecule has 0 saturated carbocycles. The monoisotopic (exact) mass is 405 g/mol. The van der Waals surface area contributed by atoms with Crippen molar-refractivity contribution in [3.63, 3.8) is 0 Å². The van der Waals surface area contributed by atoms with Gasteiger partial charge in [-0.3, -0.25) is 4.90 Å². The molecule has 0 atom stereocenters. The lowest BCUT2D eigenvalue weighted by atomic mass is 10.1. The van der Waals surface area contributed by atoms with E-state index in [0.717, 1.165) is 31.2 Å². The predicted octanol–water partition coefficient (Wildman–Crippen LogP) is 3.28. The molecule has 2 heterocycles. The fraction of sp³-hybridized carbons (Fsp3) is 0.600. The molecule has 0 bridgehead atoms. The summed E-state index contributed by atoms with van der Waals surface area (Å²) in [6, 6.07) is 4.70. The molecule has 1 aliphatic heterocycles. The Morgan fingerprint density at radius 1 is 1.21 bits per heavy atom. The molecule has 0 amide bonds. The van der Waals surface area contributed by atoms with Gasteiger partial charge in [0.15, 0.2) is 5.69 Å². The van der Waals surface area contributed by atoms with Crippen LogP contribution in [0.3, 0.4) is 0 Å². The number of carboxylic acids is 1. The Hall–Kier alpha value is -2.06. The van der Waals surface area contributed by atoms with E-state index in [1.54, 1.807) is 0 Å². The summed E-state index contributed by atoms with van der Waals surface area (Å²) in [7, 11) is -1.25. The van der Waals surface area contributed by atoms with E-state index in [-0.39, 0.29) is 5.69 Å². The number of hydrogen-bond acceptors (Lipinski definition) is 5. The molecule has 154 valence electrons. The molecule has 0 unspecified atom stereocenters. The zero-order chi connectivity index (χ0) is 20.3. The Bertz CT molecular complexity index is 838. The third kappa shape index (κ3) is 4.85. The van der Waals surface area contributed by atoms with E-state index in [1.807, 2.05) is 19.1 Å². The van der Waals surface area contributed by atoms with E-state index in [4.69, 9.17) is 9.57 Å². The van der Waals surface area contributed by atoms with E-state index in [1.165, 1.54) is 17.7 Å². The van der Waals surface area contributed by atoms with Gasteiger partial charge in [-0.25, -0.2) is 4.79 Å². The number of aromatic nitrogens is 2. The highest BCUT2D eigenvalue weighted by atomic mass is 28.3. The molecule has 1 N–H and O–H groups in total. The van der Waals surface area contributed by atoms with E-state index in [9.17, 15) is 9.90 Å². The van der Waals surface area contributed by atoms with Crippen molar-refractivity contribution in [2.45, 2.75) is 45.5 Å². The van der Waals surface area contributed by atoms with Crippen LogP contribution in [0, 0.1) is 6.92 Å². The van der Waals surface area contributed by atoms with Crippen molar-refractivity contribution < 1.29 is 19.5 Å². The number of ether oxygens (including phenoxy) is 1. The number of carbonyl (C=O) groups is 1. The maximum absolute atomic E-state index is 11.7. The molecular formula is C20H31N3O4Si. The van der Waals surface area contributed by atoms with Crippen molar-refractivity contribution in [2.24, 2.45) is 0 Å². The molecule has 1 aliphatic rings. The van der Waals surface area contributed by atoms with Crippen LogP contribution in [-0.2, 0) is 0 Å². The normalized spacial score (nSPS) is 15.3. The number of benzene rings is 1. The van der Waals surface area contributed by atoms with Crippen LogP contribution in [0.5, 0.6) is 5.75 Å². The number of likely N-dealkylation sites (tertiary alicyclic amines) is 1. The van der Waals surface area contributed by atoms with Crippen LogP contribution >= 0.6 is 0 Å². The first-order valence-corrected chi connectivity index (χ1v) is 13.7. The summed E-state index contributed by atoms with van der Waals surface area (Å²) in [5.74, 6) is -0.356. The van der Waals surface area contributed by atoms with Crippen molar-refractivity contribution in [1.82, 2.24) is 14.8 Å². The highest BCUT2D eigenvalue weighted by Gasteiger charge is 2.22. The minimum absolute atomic E-state index is 0.00509. The Kier molecular flexibility index (Phi) is 6.29. The Morgan fingerprint density at radius 2 is 1.93 bits per heavy atom. The second-order valence-electron chi connectivity index (χ2n) is 8.65. The van der Waals surface area contributed by atoms with Crippen molar-refractivity contribution in [2.75, 3.05) is 32.8 Å². The molecule has 2 aromatic rings. The minimum Gasteiger partial charge on any atom is -0.492 e. The number of aromatic carboxylic acids is 1. The molecule has 8 heteroatoms. The van der Waals surface area contributed by atoms with Crippen molar-refractivity contribution >= 4 is 24.9 Å². The van der Waals surface area contributed by atoms with E-state index < -0.39 is 14.0 Å². The SMILES string of the molecule is Cc1c(OCCN2CCCC2)ccc2c1c(C(=O)O)nn2OCC[Si](C)(C)C. The zero-order valence-electron chi connectivity index (χ0n) is 17.3. The van der Waals surface area contributed by atoms with Crippen molar-refractivity contribution in [1.29, 1.82) is 0 Å². The van der Waals surface area contributed by atoms with Gasteiger partial charge in [-0.1, -0.05) is 24.5 Å². The van der Waals surface area contributed by atoms with Gasteiger partial charge in [0.2, 0.25) is 0 Å². The number of carboxylic acid groups (broad SMARTS) is 1. The van der Waals surface area contributed by atoms with Gasteiger partial charge >= 0.3 is 5.97 Å². The zero-order valence-corrected chi connectivity index (χ0v) is 18.3. The lowest BCUT2D eigenvalue weighted by Gasteiger charge is -2.16.